The number of non-ortho nitro benzene ring substituents is 1. The van der Waals surface area contributed by atoms with Crippen molar-refractivity contribution >= 4 is 28.3 Å². The molecule has 8 heteroatoms. The summed E-state index contributed by atoms with van der Waals surface area (Å²) in [4.78, 5) is 36.4. The monoisotopic (exact) mass is 326 g/mol. The molecular weight excluding hydrogens is 312 g/mol. The molecule has 122 valence electrons. The Hall–Kier alpha value is -2.84. The summed E-state index contributed by atoms with van der Waals surface area (Å²) in [5.74, 6) is -0.886. The van der Waals surface area contributed by atoms with Crippen molar-refractivity contribution in [1.82, 2.24) is 15.3 Å². The molecule has 1 saturated heterocycles. The zero-order valence-corrected chi connectivity index (χ0v) is 12.7. The van der Waals surface area contributed by atoms with Gasteiger partial charge in [-0.3, -0.25) is 19.7 Å². The summed E-state index contributed by atoms with van der Waals surface area (Å²) in [5.41, 5.74) is 0.445. The lowest BCUT2D eigenvalue weighted by molar-refractivity contribution is -0.384. The Bertz CT molecular complexity index is 889. The lowest BCUT2D eigenvalue weighted by Gasteiger charge is -2.38. The number of piperazine rings is 1. The molecule has 0 spiro atoms. The lowest BCUT2D eigenvalue weighted by atomic mass is 9.94. The van der Waals surface area contributed by atoms with Crippen LogP contribution in [0, 0.1) is 10.1 Å². The molecule has 0 saturated carbocycles. The first-order chi connectivity index (χ1) is 11.6. The van der Waals surface area contributed by atoms with E-state index in [4.69, 9.17) is 0 Å². The minimum absolute atomic E-state index is 0.155. The summed E-state index contributed by atoms with van der Waals surface area (Å²) in [6.45, 7) is 2.39. The minimum Gasteiger partial charge on any atom is -0.314 e. The van der Waals surface area contributed by atoms with Crippen LogP contribution in [0.4, 0.5) is 5.69 Å². The number of carbonyl (C=O) groups excluding carboxylic acids is 2. The van der Waals surface area contributed by atoms with Gasteiger partial charge in [-0.05, 0) is 11.5 Å². The number of nitro groups is 1. The maximum absolute atomic E-state index is 12.9. The number of imide groups is 1. The molecule has 4 rings (SSSR count). The van der Waals surface area contributed by atoms with E-state index in [0.717, 1.165) is 5.01 Å². The van der Waals surface area contributed by atoms with Crippen LogP contribution in [-0.2, 0) is 0 Å². The third-order valence-electron chi connectivity index (χ3n) is 4.39. The number of hydrogen-bond donors (Lipinski definition) is 1. The smallest absolute Gasteiger partial charge is 0.276 e. The van der Waals surface area contributed by atoms with Crippen LogP contribution in [0.3, 0.4) is 0 Å². The predicted molar refractivity (Wildman–Crippen MR) is 85.5 cm³/mol. The van der Waals surface area contributed by atoms with Gasteiger partial charge in [0.05, 0.1) is 16.1 Å². The summed E-state index contributed by atoms with van der Waals surface area (Å²) in [6.07, 6.45) is 0. The van der Waals surface area contributed by atoms with Crippen LogP contribution < -0.4 is 5.32 Å². The molecule has 0 radical (unpaired) electrons. The van der Waals surface area contributed by atoms with Gasteiger partial charge in [-0.1, -0.05) is 12.1 Å². The molecule has 24 heavy (non-hydrogen) atoms. The van der Waals surface area contributed by atoms with Crippen molar-refractivity contribution in [2.24, 2.45) is 0 Å². The molecule has 2 aliphatic rings. The number of amides is 2. The third kappa shape index (κ3) is 2.08. The van der Waals surface area contributed by atoms with Crippen LogP contribution in [0.15, 0.2) is 30.3 Å². The van der Waals surface area contributed by atoms with Crippen LogP contribution in [0.25, 0.3) is 10.8 Å². The van der Waals surface area contributed by atoms with Gasteiger partial charge in [-0.15, -0.1) is 0 Å². The first kappa shape index (κ1) is 14.7. The summed E-state index contributed by atoms with van der Waals surface area (Å²) in [5, 5.41) is 18.2. The van der Waals surface area contributed by atoms with Gasteiger partial charge >= 0.3 is 0 Å². The Kier molecular flexibility index (Phi) is 3.29. The fraction of sp³-hybridized carbons (Fsp3) is 0.250. The van der Waals surface area contributed by atoms with E-state index in [1.54, 1.807) is 23.2 Å². The summed E-state index contributed by atoms with van der Waals surface area (Å²) in [6, 6.07) is 7.66. The van der Waals surface area contributed by atoms with Crippen LogP contribution in [0.2, 0.25) is 0 Å². The zero-order valence-electron chi connectivity index (χ0n) is 12.7. The highest BCUT2D eigenvalue weighted by atomic mass is 16.6. The van der Waals surface area contributed by atoms with Crippen molar-refractivity contribution in [2.75, 3.05) is 26.2 Å². The standard InChI is InChI=1S/C16H14N4O4/c21-15-12-3-1-2-10-8-11(20(23)24)9-13(14(10)12)16(22)19(15)18-6-4-17-5-7-18/h1-3,8-9,17H,4-7H2. The molecule has 8 nitrogen and oxygen atoms in total. The maximum atomic E-state index is 12.9. The Balaban J connectivity index is 1.92. The highest BCUT2D eigenvalue weighted by molar-refractivity contribution is 6.25. The first-order valence-electron chi connectivity index (χ1n) is 7.63. The maximum Gasteiger partial charge on any atom is 0.276 e. The van der Waals surface area contributed by atoms with E-state index in [9.17, 15) is 19.7 Å². The fourth-order valence-electron chi connectivity index (χ4n) is 3.29. The Morgan fingerprint density at radius 1 is 1.04 bits per heavy atom. The molecule has 2 heterocycles. The summed E-state index contributed by atoms with van der Waals surface area (Å²) in [7, 11) is 0. The second kappa shape index (κ2) is 5.36. The number of hydrazine groups is 1. The zero-order chi connectivity index (χ0) is 16.8. The molecule has 2 amide bonds. The summed E-state index contributed by atoms with van der Waals surface area (Å²) >= 11 is 0. The highest BCUT2D eigenvalue weighted by Gasteiger charge is 2.38. The number of hydrogen-bond acceptors (Lipinski definition) is 6. The van der Waals surface area contributed by atoms with Crippen LogP contribution in [0.1, 0.15) is 20.7 Å². The Morgan fingerprint density at radius 3 is 2.46 bits per heavy atom. The molecule has 1 N–H and O–H groups in total. The number of nitrogens with one attached hydrogen (secondary N) is 1. The number of rotatable bonds is 2. The second-order valence-corrected chi connectivity index (χ2v) is 5.78. The van der Waals surface area contributed by atoms with Gasteiger partial charge < -0.3 is 5.32 Å². The van der Waals surface area contributed by atoms with Crippen molar-refractivity contribution in [3.05, 3.63) is 51.6 Å². The van der Waals surface area contributed by atoms with Crippen LogP contribution >= 0.6 is 0 Å². The quantitative estimate of drug-likeness (QED) is 0.505. The molecule has 2 aromatic rings. The van der Waals surface area contributed by atoms with Crippen molar-refractivity contribution in [3.63, 3.8) is 0 Å². The number of nitro benzene ring substituents is 1. The number of nitrogens with zero attached hydrogens (tertiary/aromatic N) is 3. The van der Waals surface area contributed by atoms with E-state index in [0.29, 0.717) is 42.5 Å². The molecule has 0 aromatic heterocycles. The van der Waals surface area contributed by atoms with Gasteiger partial charge in [0, 0.05) is 43.7 Å². The molecule has 2 aromatic carbocycles. The van der Waals surface area contributed by atoms with E-state index in [1.165, 1.54) is 12.1 Å². The lowest BCUT2D eigenvalue weighted by Crippen LogP contribution is -2.57. The second-order valence-electron chi connectivity index (χ2n) is 5.78. The van der Waals surface area contributed by atoms with E-state index in [1.807, 2.05) is 0 Å². The molecule has 1 fully saturated rings. The predicted octanol–water partition coefficient (Wildman–Crippen LogP) is 1.16. The van der Waals surface area contributed by atoms with Gasteiger partial charge in [0.1, 0.15) is 0 Å². The van der Waals surface area contributed by atoms with E-state index < -0.39 is 10.8 Å². The fourth-order valence-corrected chi connectivity index (χ4v) is 3.29. The molecule has 0 atom stereocenters. The number of carbonyl (C=O) groups is 2. The van der Waals surface area contributed by atoms with E-state index in [2.05, 4.69) is 5.32 Å². The normalized spacial score (nSPS) is 18.2. The van der Waals surface area contributed by atoms with E-state index in [-0.39, 0.29) is 17.2 Å². The first-order valence-corrected chi connectivity index (χ1v) is 7.63. The van der Waals surface area contributed by atoms with Gasteiger partial charge in [0.15, 0.2) is 0 Å². The number of benzene rings is 2. The molecular formula is C16H14N4O4. The molecule has 0 bridgehead atoms. The average Bonchev–Trinajstić information content (AvgIpc) is 2.60. The molecule has 2 aliphatic heterocycles. The topological polar surface area (TPSA) is 95.8 Å². The van der Waals surface area contributed by atoms with Gasteiger partial charge in [0.2, 0.25) is 0 Å². The molecule has 0 aliphatic carbocycles. The van der Waals surface area contributed by atoms with Gasteiger partial charge in [-0.2, -0.15) is 0 Å². The van der Waals surface area contributed by atoms with Crippen molar-refractivity contribution in [3.8, 4) is 0 Å². The van der Waals surface area contributed by atoms with Crippen molar-refractivity contribution in [2.45, 2.75) is 0 Å². The largest absolute Gasteiger partial charge is 0.314 e. The molecule has 0 unspecified atom stereocenters. The SMILES string of the molecule is O=C1c2cccc3cc([N+](=O)[O-])cc(c23)C(=O)N1N1CCNCC1. The Morgan fingerprint density at radius 2 is 1.75 bits per heavy atom. The van der Waals surface area contributed by atoms with Crippen LogP contribution in [-0.4, -0.2) is 52.9 Å². The van der Waals surface area contributed by atoms with Gasteiger partial charge in [0.25, 0.3) is 17.5 Å². The van der Waals surface area contributed by atoms with Crippen molar-refractivity contribution in [1.29, 1.82) is 0 Å². The highest BCUT2D eigenvalue weighted by Crippen LogP contribution is 2.34. The Labute approximate surface area is 136 Å². The van der Waals surface area contributed by atoms with Crippen molar-refractivity contribution < 1.29 is 14.5 Å². The van der Waals surface area contributed by atoms with Gasteiger partial charge in [-0.25, -0.2) is 10.0 Å². The van der Waals surface area contributed by atoms with Crippen LogP contribution in [0.5, 0.6) is 0 Å². The summed E-state index contributed by atoms with van der Waals surface area (Å²) < 4.78 is 0. The van der Waals surface area contributed by atoms with E-state index >= 15 is 0 Å². The minimum atomic E-state index is -0.526. The third-order valence-corrected chi connectivity index (χ3v) is 4.39. The average molecular weight is 326 g/mol.